The molecule has 0 spiro atoms. The fourth-order valence-electron chi connectivity index (χ4n) is 7.07. The van der Waals surface area contributed by atoms with Crippen molar-refractivity contribution < 1.29 is 14.3 Å². The molecule has 7 heteroatoms. The fraction of sp³-hybridized carbons (Fsp3) is 0.577. The molecule has 1 atom stereocenters. The second-order valence-corrected chi connectivity index (χ2v) is 10.5. The minimum absolute atomic E-state index is 0.00187. The van der Waals surface area contributed by atoms with Crippen LogP contribution in [-0.4, -0.2) is 35.0 Å². The fourth-order valence-corrected chi connectivity index (χ4v) is 7.07. The lowest BCUT2D eigenvalue weighted by atomic mass is 9.49. The Morgan fingerprint density at radius 3 is 2.45 bits per heavy atom. The Bertz CT molecular complexity index is 995. The van der Waals surface area contributed by atoms with Crippen molar-refractivity contribution in [3.63, 3.8) is 0 Å². The van der Waals surface area contributed by atoms with Gasteiger partial charge in [-0.3, -0.25) is 9.59 Å². The largest absolute Gasteiger partial charge is 0.497 e. The van der Waals surface area contributed by atoms with Crippen molar-refractivity contribution in [3.05, 3.63) is 48.0 Å². The number of benzene rings is 1. The number of aryl methyl sites for hydroxylation is 1. The van der Waals surface area contributed by atoms with E-state index < -0.39 is 6.04 Å². The van der Waals surface area contributed by atoms with Crippen LogP contribution >= 0.6 is 0 Å². The van der Waals surface area contributed by atoms with Crippen molar-refractivity contribution in [1.82, 2.24) is 20.2 Å². The predicted octanol–water partition coefficient (Wildman–Crippen LogP) is 3.36. The van der Waals surface area contributed by atoms with E-state index in [0.29, 0.717) is 12.2 Å². The molecule has 4 bridgehead atoms. The highest BCUT2D eigenvalue weighted by atomic mass is 16.5. The van der Waals surface area contributed by atoms with Crippen molar-refractivity contribution in [2.75, 3.05) is 13.7 Å². The predicted molar refractivity (Wildman–Crippen MR) is 124 cm³/mol. The highest BCUT2D eigenvalue weighted by Crippen LogP contribution is 2.61. The molecule has 1 aromatic carbocycles. The van der Waals surface area contributed by atoms with Gasteiger partial charge >= 0.3 is 0 Å². The molecule has 1 heterocycles. The molecule has 7 nitrogen and oxygen atoms in total. The molecule has 4 aliphatic rings. The summed E-state index contributed by atoms with van der Waals surface area (Å²) >= 11 is 0. The number of rotatable bonds is 8. The first-order valence-corrected chi connectivity index (χ1v) is 12.1. The number of carbonyl (C=O) groups is 2. The molecule has 0 saturated heterocycles. The maximum Gasteiger partial charge on any atom is 0.240 e. The molecule has 4 saturated carbocycles. The zero-order chi connectivity index (χ0) is 23.0. The first-order chi connectivity index (χ1) is 15.9. The lowest BCUT2D eigenvalue weighted by Gasteiger charge is -2.56. The van der Waals surface area contributed by atoms with Crippen LogP contribution in [0, 0.1) is 23.2 Å². The van der Waals surface area contributed by atoms with Gasteiger partial charge in [-0.1, -0.05) is 12.1 Å². The van der Waals surface area contributed by atoms with Gasteiger partial charge in [0.15, 0.2) is 0 Å². The lowest BCUT2D eigenvalue weighted by Crippen LogP contribution is -2.48. The number of hydrogen-bond acceptors (Lipinski definition) is 4. The molecule has 176 valence electrons. The van der Waals surface area contributed by atoms with Crippen LogP contribution in [0.25, 0.3) is 0 Å². The minimum atomic E-state index is -0.437. The van der Waals surface area contributed by atoms with Crippen molar-refractivity contribution >= 4 is 11.8 Å². The Balaban J connectivity index is 1.21. The van der Waals surface area contributed by atoms with Gasteiger partial charge in [0, 0.05) is 25.9 Å². The Hall–Kier alpha value is -2.83. The number of imidazole rings is 1. The molecule has 4 fully saturated rings. The summed E-state index contributed by atoms with van der Waals surface area (Å²) in [6.45, 7) is -0.0317. The molecule has 2 aromatic rings. The molecular weight excluding hydrogens is 416 g/mol. The monoisotopic (exact) mass is 450 g/mol. The molecule has 1 aromatic heterocycles. The van der Waals surface area contributed by atoms with Crippen LogP contribution in [0.4, 0.5) is 0 Å². The van der Waals surface area contributed by atoms with Crippen molar-refractivity contribution in [2.45, 2.75) is 51.0 Å². The normalized spacial score (nSPS) is 28.4. The topological polar surface area (TPSA) is 85.2 Å². The van der Waals surface area contributed by atoms with Gasteiger partial charge in [0.1, 0.15) is 17.6 Å². The summed E-state index contributed by atoms with van der Waals surface area (Å²) in [4.78, 5) is 30.1. The third-order valence-electron chi connectivity index (χ3n) is 8.00. The van der Waals surface area contributed by atoms with Crippen molar-refractivity contribution in [3.8, 4) is 5.75 Å². The minimum Gasteiger partial charge on any atom is -0.497 e. The van der Waals surface area contributed by atoms with Gasteiger partial charge in [0.25, 0.3) is 0 Å². The molecule has 2 N–H and O–H groups in total. The smallest absolute Gasteiger partial charge is 0.240 e. The Kier molecular flexibility index (Phi) is 5.89. The van der Waals surface area contributed by atoms with Crippen molar-refractivity contribution in [1.29, 1.82) is 0 Å². The van der Waals surface area contributed by atoms with E-state index in [4.69, 9.17) is 4.74 Å². The summed E-state index contributed by atoms with van der Waals surface area (Å²) in [6.07, 6.45) is 11.8. The summed E-state index contributed by atoms with van der Waals surface area (Å²) in [5, 5.41) is 5.94. The van der Waals surface area contributed by atoms with Gasteiger partial charge in [0.2, 0.25) is 11.8 Å². The number of amides is 2. The number of nitrogens with one attached hydrogen (secondary N) is 2. The first kappa shape index (κ1) is 22.0. The van der Waals surface area contributed by atoms with E-state index in [2.05, 4.69) is 15.6 Å². The molecule has 4 aliphatic carbocycles. The zero-order valence-corrected chi connectivity index (χ0v) is 19.5. The number of ether oxygens (including phenoxy) is 1. The number of nitrogens with zero attached hydrogens (tertiary/aromatic N) is 2. The summed E-state index contributed by atoms with van der Waals surface area (Å²) in [5.74, 6) is 3.64. The standard InChI is InChI=1S/C26H34N4O3/c1-30-7-6-27-25(30)24(20-4-3-5-21(11-20)33-2)29-23(32)16-28-22(31)15-26-12-17-8-18(13-26)10-19(9-17)14-26/h3-7,11,17-19,24H,8-10,12-16H2,1-2H3,(H,28,31)(H,29,32). The third kappa shape index (κ3) is 4.63. The summed E-state index contributed by atoms with van der Waals surface area (Å²) < 4.78 is 7.24. The van der Waals surface area contributed by atoms with Crippen molar-refractivity contribution in [2.24, 2.45) is 30.2 Å². The van der Waals surface area contributed by atoms with Crippen LogP contribution in [0.2, 0.25) is 0 Å². The maximum absolute atomic E-state index is 12.9. The highest BCUT2D eigenvalue weighted by Gasteiger charge is 2.51. The molecular formula is C26H34N4O3. The second kappa shape index (κ2) is 8.84. The molecule has 2 amide bonds. The maximum atomic E-state index is 12.9. The number of aromatic nitrogens is 2. The van der Waals surface area contributed by atoms with E-state index in [1.807, 2.05) is 42.1 Å². The molecule has 33 heavy (non-hydrogen) atoms. The molecule has 1 unspecified atom stereocenters. The van der Waals surface area contributed by atoms with Gasteiger partial charge in [-0.05, 0) is 79.4 Å². The van der Waals surface area contributed by atoms with E-state index in [9.17, 15) is 9.59 Å². The van der Waals surface area contributed by atoms with Gasteiger partial charge in [0.05, 0.1) is 13.7 Å². The molecule has 6 rings (SSSR count). The van der Waals surface area contributed by atoms with E-state index in [1.54, 1.807) is 13.3 Å². The van der Waals surface area contributed by atoms with E-state index in [1.165, 1.54) is 38.5 Å². The Labute approximate surface area is 195 Å². The van der Waals surface area contributed by atoms with E-state index >= 15 is 0 Å². The van der Waals surface area contributed by atoms with Crippen LogP contribution < -0.4 is 15.4 Å². The van der Waals surface area contributed by atoms with E-state index in [0.717, 1.165) is 29.1 Å². The summed E-state index contributed by atoms with van der Waals surface area (Å²) in [6, 6.07) is 7.15. The Morgan fingerprint density at radius 1 is 1.15 bits per heavy atom. The SMILES string of the molecule is COc1cccc(C(NC(=O)CNC(=O)CC23CC4CC(CC(C4)C2)C3)c2nccn2C)c1. The van der Waals surface area contributed by atoms with Gasteiger partial charge in [-0.15, -0.1) is 0 Å². The average molecular weight is 451 g/mol. The average Bonchev–Trinajstić information content (AvgIpc) is 3.20. The van der Waals surface area contributed by atoms with Crippen LogP contribution in [0.3, 0.4) is 0 Å². The van der Waals surface area contributed by atoms with Crippen LogP contribution in [0.5, 0.6) is 5.75 Å². The first-order valence-electron chi connectivity index (χ1n) is 12.1. The number of methoxy groups -OCH3 is 1. The molecule has 0 aliphatic heterocycles. The van der Waals surface area contributed by atoms with Crippen LogP contribution in [-0.2, 0) is 16.6 Å². The van der Waals surface area contributed by atoms with Gasteiger partial charge < -0.3 is 19.9 Å². The lowest BCUT2D eigenvalue weighted by molar-refractivity contribution is -0.132. The summed E-state index contributed by atoms with van der Waals surface area (Å²) in [7, 11) is 3.52. The van der Waals surface area contributed by atoms with Gasteiger partial charge in [-0.25, -0.2) is 4.98 Å². The van der Waals surface area contributed by atoms with Crippen LogP contribution in [0.15, 0.2) is 36.7 Å². The molecule has 0 radical (unpaired) electrons. The number of hydrogen-bond donors (Lipinski definition) is 2. The highest BCUT2D eigenvalue weighted by molar-refractivity contribution is 5.85. The Morgan fingerprint density at radius 2 is 1.85 bits per heavy atom. The van der Waals surface area contributed by atoms with Gasteiger partial charge in [-0.2, -0.15) is 0 Å². The summed E-state index contributed by atoms with van der Waals surface area (Å²) in [5.41, 5.74) is 1.04. The zero-order valence-electron chi connectivity index (χ0n) is 19.5. The van der Waals surface area contributed by atoms with Crippen LogP contribution in [0.1, 0.15) is 62.4 Å². The van der Waals surface area contributed by atoms with E-state index in [-0.39, 0.29) is 23.8 Å². The quantitative estimate of drug-likeness (QED) is 0.646. The number of carbonyl (C=O) groups excluding carboxylic acids is 2. The third-order valence-corrected chi connectivity index (χ3v) is 8.00. The second-order valence-electron chi connectivity index (χ2n) is 10.5.